The highest BCUT2D eigenvalue weighted by Gasteiger charge is 2.20. The van der Waals surface area contributed by atoms with E-state index in [0.717, 1.165) is 30.0 Å². The molecule has 1 heterocycles. The van der Waals surface area contributed by atoms with Gasteiger partial charge in [-0.05, 0) is 42.0 Å². The second-order valence-corrected chi connectivity index (χ2v) is 5.60. The van der Waals surface area contributed by atoms with Crippen molar-refractivity contribution in [2.45, 2.75) is 6.04 Å². The highest BCUT2D eigenvalue weighted by molar-refractivity contribution is 5.40. The molecule has 0 aliphatic carbocycles. The number of nitrogens with zero attached hydrogens (tertiary/aromatic N) is 1. The van der Waals surface area contributed by atoms with Crippen LogP contribution in [0.1, 0.15) is 17.2 Å². The summed E-state index contributed by atoms with van der Waals surface area (Å²) < 4.78 is 23.8. The first-order valence-corrected chi connectivity index (χ1v) is 7.99. The molecule has 2 aromatic rings. The van der Waals surface area contributed by atoms with Crippen molar-refractivity contribution in [2.75, 3.05) is 33.4 Å². The molecule has 3 rings (SSSR count). The molecule has 0 N–H and O–H groups in total. The Bertz CT molecular complexity index is 710. The van der Waals surface area contributed by atoms with E-state index in [4.69, 9.17) is 9.47 Å². The van der Waals surface area contributed by atoms with E-state index in [0.29, 0.717) is 13.2 Å². The van der Waals surface area contributed by atoms with Crippen LogP contribution in [-0.4, -0.2) is 38.3 Å². The minimum atomic E-state index is -0.234. The molecule has 1 aliphatic rings. The van der Waals surface area contributed by atoms with E-state index >= 15 is 0 Å². The fourth-order valence-corrected chi connectivity index (χ4v) is 2.69. The van der Waals surface area contributed by atoms with Crippen LogP contribution in [-0.2, 0) is 4.74 Å². The zero-order chi connectivity index (χ0) is 16.8. The highest BCUT2D eigenvalue weighted by Crippen LogP contribution is 2.22. The van der Waals surface area contributed by atoms with Crippen molar-refractivity contribution in [3.63, 3.8) is 0 Å². The number of methoxy groups -OCH3 is 1. The predicted octanol–water partition coefficient (Wildman–Crippen LogP) is 3.26. The van der Waals surface area contributed by atoms with Crippen LogP contribution in [0, 0.1) is 17.7 Å². The maximum atomic E-state index is 13.2. The summed E-state index contributed by atoms with van der Waals surface area (Å²) in [5.74, 6) is 7.14. The third kappa shape index (κ3) is 4.14. The van der Waals surface area contributed by atoms with Gasteiger partial charge in [-0.1, -0.05) is 24.0 Å². The van der Waals surface area contributed by atoms with Gasteiger partial charge in [0.05, 0.1) is 26.4 Å². The normalized spacial score (nSPS) is 16.1. The Morgan fingerprint density at radius 1 is 1.04 bits per heavy atom. The van der Waals surface area contributed by atoms with Crippen LogP contribution in [0.15, 0.2) is 48.5 Å². The molecule has 3 nitrogen and oxygen atoms in total. The SMILES string of the molecule is COc1ccc(C#CC(c2ccc(F)cc2)N2CCOCC2)cc1. The predicted molar refractivity (Wildman–Crippen MR) is 91.4 cm³/mol. The Hall–Kier alpha value is -2.35. The van der Waals surface area contributed by atoms with Crippen molar-refractivity contribution < 1.29 is 13.9 Å². The minimum Gasteiger partial charge on any atom is -0.497 e. The van der Waals surface area contributed by atoms with Gasteiger partial charge in [-0.25, -0.2) is 4.39 Å². The van der Waals surface area contributed by atoms with Crippen LogP contribution in [0.3, 0.4) is 0 Å². The van der Waals surface area contributed by atoms with Crippen molar-refractivity contribution in [2.24, 2.45) is 0 Å². The molecule has 1 atom stereocenters. The molecule has 0 spiro atoms. The van der Waals surface area contributed by atoms with E-state index < -0.39 is 0 Å². The molecule has 1 fully saturated rings. The Balaban J connectivity index is 1.86. The van der Waals surface area contributed by atoms with Crippen LogP contribution >= 0.6 is 0 Å². The lowest BCUT2D eigenvalue weighted by molar-refractivity contribution is 0.0270. The third-order valence-corrected chi connectivity index (χ3v) is 4.04. The van der Waals surface area contributed by atoms with Crippen molar-refractivity contribution in [3.8, 4) is 17.6 Å². The maximum Gasteiger partial charge on any atom is 0.123 e. The van der Waals surface area contributed by atoms with Gasteiger partial charge in [0.25, 0.3) is 0 Å². The van der Waals surface area contributed by atoms with E-state index in [2.05, 4.69) is 16.7 Å². The number of rotatable bonds is 3. The zero-order valence-corrected chi connectivity index (χ0v) is 13.7. The van der Waals surface area contributed by atoms with E-state index in [9.17, 15) is 4.39 Å². The number of ether oxygens (including phenoxy) is 2. The summed E-state index contributed by atoms with van der Waals surface area (Å²) in [5, 5.41) is 0. The largest absolute Gasteiger partial charge is 0.497 e. The molecule has 0 radical (unpaired) electrons. The van der Waals surface area contributed by atoms with E-state index in [1.54, 1.807) is 19.2 Å². The first-order chi connectivity index (χ1) is 11.8. The van der Waals surface area contributed by atoms with Gasteiger partial charge >= 0.3 is 0 Å². The Morgan fingerprint density at radius 3 is 2.33 bits per heavy atom. The number of halogens is 1. The van der Waals surface area contributed by atoms with Crippen LogP contribution < -0.4 is 4.74 Å². The van der Waals surface area contributed by atoms with E-state index in [-0.39, 0.29) is 11.9 Å². The maximum absolute atomic E-state index is 13.2. The van der Waals surface area contributed by atoms with Gasteiger partial charge < -0.3 is 9.47 Å². The molecule has 1 saturated heterocycles. The second-order valence-electron chi connectivity index (χ2n) is 5.60. The van der Waals surface area contributed by atoms with Crippen molar-refractivity contribution in [1.29, 1.82) is 0 Å². The number of hydrogen-bond donors (Lipinski definition) is 0. The molecular formula is C20H20FNO2. The summed E-state index contributed by atoms with van der Waals surface area (Å²) in [5.41, 5.74) is 1.93. The molecule has 0 amide bonds. The molecular weight excluding hydrogens is 305 g/mol. The quantitative estimate of drug-likeness (QED) is 0.809. The Kier molecular flexibility index (Phi) is 5.47. The molecule has 2 aromatic carbocycles. The highest BCUT2D eigenvalue weighted by atomic mass is 19.1. The van der Waals surface area contributed by atoms with Gasteiger partial charge in [0.15, 0.2) is 0 Å². The van der Waals surface area contributed by atoms with E-state index in [1.807, 2.05) is 24.3 Å². The summed E-state index contributed by atoms with van der Waals surface area (Å²) in [7, 11) is 1.64. The lowest BCUT2D eigenvalue weighted by Crippen LogP contribution is -2.38. The molecule has 1 unspecified atom stereocenters. The van der Waals surface area contributed by atoms with Gasteiger partial charge in [0.1, 0.15) is 11.6 Å². The number of hydrogen-bond acceptors (Lipinski definition) is 3. The first-order valence-electron chi connectivity index (χ1n) is 7.99. The topological polar surface area (TPSA) is 21.7 Å². The fraction of sp³-hybridized carbons (Fsp3) is 0.300. The standard InChI is InChI=1S/C20H20FNO2/c1-23-19-9-2-16(3-10-19)4-11-20(22-12-14-24-15-13-22)17-5-7-18(21)8-6-17/h2-3,5-10,20H,12-15H2,1H3. The fourth-order valence-electron chi connectivity index (χ4n) is 2.69. The van der Waals surface area contributed by atoms with Gasteiger partial charge in [-0.2, -0.15) is 0 Å². The summed E-state index contributed by atoms with van der Waals surface area (Å²) in [6.07, 6.45) is 0. The van der Waals surface area contributed by atoms with Gasteiger partial charge in [0.2, 0.25) is 0 Å². The van der Waals surface area contributed by atoms with Gasteiger partial charge in [-0.3, -0.25) is 4.90 Å². The van der Waals surface area contributed by atoms with Crippen LogP contribution in [0.5, 0.6) is 5.75 Å². The number of morpholine rings is 1. The average Bonchev–Trinajstić information content (AvgIpc) is 2.65. The average molecular weight is 325 g/mol. The first kappa shape index (κ1) is 16.5. The molecule has 0 aromatic heterocycles. The van der Waals surface area contributed by atoms with Gasteiger partial charge in [-0.15, -0.1) is 0 Å². The summed E-state index contributed by atoms with van der Waals surface area (Å²) >= 11 is 0. The van der Waals surface area contributed by atoms with Crippen LogP contribution in [0.4, 0.5) is 4.39 Å². The molecule has 4 heteroatoms. The van der Waals surface area contributed by atoms with Crippen molar-refractivity contribution in [1.82, 2.24) is 4.90 Å². The molecule has 0 saturated carbocycles. The van der Waals surface area contributed by atoms with Gasteiger partial charge in [0, 0.05) is 18.7 Å². The van der Waals surface area contributed by atoms with Crippen molar-refractivity contribution >= 4 is 0 Å². The lowest BCUT2D eigenvalue weighted by atomic mass is 10.0. The Labute approximate surface area is 142 Å². The summed E-state index contributed by atoms with van der Waals surface area (Å²) in [4.78, 5) is 2.27. The second kappa shape index (κ2) is 7.96. The summed E-state index contributed by atoms with van der Waals surface area (Å²) in [6.45, 7) is 3.03. The Morgan fingerprint density at radius 2 is 1.71 bits per heavy atom. The number of benzene rings is 2. The third-order valence-electron chi connectivity index (χ3n) is 4.04. The van der Waals surface area contributed by atoms with Crippen molar-refractivity contribution in [3.05, 3.63) is 65.5 Å². The minimum absolute atomic E-state index is 0.0726. The molecule has 1 aliphatic heterocycles. The van der Waals surface area contributed by atoms with Crippen LogP contribution in [0.25, 0.3) is 0 Å². The van der Waals surface area contributed by atoms with E-state index in [1.165, 1.54) is 12.1 Å². The molecule has 0 bridgehead atoms. The lowest BCUT2D eigenvalue weighted by Gasteiger charge is -2.31. The molecule has 24 heavy (non-hydrogen) atoms. The molecule has 124 valence electrons. The summed E-state index contributed by atoms with van der Waals surface area (Å²) in [6, 6.07) is 14.2. The smallest absolute Gasteiger partial charge is 0.123 e. The zero-order valence-electron chi connectivity index (χ0n) is 13.7. The monoisotopic (exact) mass is 325 g/mol. The van der Waals surface area contributed by atoms with Crippen LogP contribution in [0.2, 0.25) is 0 Å².